The van der Waals surface area contributed by atoms with E-state index in [0.717, 1.165) is 29.5 Å². The van der Waals surface area contributed by atoms with Gasteiger partial charge in [-0.25, -0.2) is 0 Å². The number of aryl methyl sites for hydroxylation is 2. The highest BCUT2D eigenvalue weighted by atomic mass is 16.4. The van der Waals surface area contributed by atoms with Crippen LogP contribution in [0.2, 0.25) is 0 Å². The van der Waals surface area contributed by atoms with Crippen LogP contribution in [0.1, 0.15) is 42.4 Å². The highest BCUT2D eigenvalue weighted by molar-refractivity contribution is 5.84. The summed E-state index contributed by atoms with van der Waals surface area (Å²) in [6, 6.07) is 6.14. The van der Waals surface area contributed by atoms with Crippen LogP contribution in [0.4, 0.5) is 0 Å². The van der Waals surface area contributed by atoms with Gasteiger partial charge in [-0.3, -0.25) is 9.59 Å². The van der Waals surface area contributed by atoms with E-state index in [9.17, 15) is 14.7 Å². The monoisotopic (exact) mass is 289 g/mol. The Labute approximate surface area is 125 Å². The molecule has 2 N–H and O–H groups in total. The van der Waals surface area contributed by atoms with Crippen LogP contribution in [0.5, 0.6) is 0 Å². The lowest BCUT2D eigenvalue weighted by Gasteiger charge is -2.27. The largest absolute Gasteiger partial charge is 0.481 e. The van der Waals surface area contributed by atoms with E-state index >= 15 is 0 Å². The van der Waals surface area contributed by atoms with E-state index < -0.39 is 11.9 Å². The first-order chi connectivity index (χ1) is 9.99. The third-order valence-electron chi connectivity index (χ3n) is 4.38. The fourth-order valence-electron chi connectivity index (χ4n) is 3.04. The second-order valence-corrected chi connectivity index (χ2v) is 5.98. The minimum Gasteiger partial charge on any atom is -0.481 e. The Bertz CT molecular complexity index is 539. The highest BCUT2D eigenvalue weighted by Gasteiger charge is 2.35. The summed E-state index contributed by atoms with van der Waals surface area (Å²) in [4.78, 5) is 23.6. The van der Waals surface area contributed by atoms with Crippen LogP contribution in [0.15, 0.2) is 18.2 Å². The molecule has 0 heterocycles. The van der Waals surface area contributed by atoms with E-state index in [4.69, 9.17) is 0 Å². The first-order valence-corrected chi connectivity index (χ1v) is 7.55. The van der Waals surface area contributed by atoms with Gasteiger partial charge < -0.3 is 10.4 Å². The number of carbonyl (C=O) groups excluding carboxylic acids is 1. The van der Waals surface area contributed by atoms with E-state index in [-0.39, 0.29) is 11.8 Å². The Morgan fingerprint density at radius 3 is 2.52 bits per heavy atom. The summed E-state index contributed by atoms with van der Waals surface area (Å²) in [5, 5.41) is 12.2. The fraction of sp³-hybridized carbons (Fsp3) is 0.529. The van der Waals surface area contributed by atoms with E-state index in [2.05, 4.69) is 11.4 Å². The molecule has 1 aromatic carbocycles. The molecule has 1 aromatic rings. The standard InChI is InChI=1S/C17H23NO3/c1-11-7-8-12(2)13(9-11)10-18-16(19)14-5-3-4-6-15(14)17(20)21/h7-9,14-15H,3-6,10H2,1-2H3,(H,18,19)(H,20,21)/t14-,15-/m1/s1. The lowest BCUT2D eigenvalue weighted by atomic mass is 9.78. The second-order valence-electron chi connectivity index (χ2n) is 5.98. The van der Waals surface area contributed by atoms with Crippen LogP contribution >= 0.6 is 0 Å². The topological polar surface area (TPSA) is 66.4 Å². The summed E-state index contributed by atoms with van der Waals surface area (Å²) < 4.78 is 0. The van der Waals surface area contributed by atoms with Gasteiger partial charge in [0.05, 0.1) is 11.8 Å². The zero-order valence-electron chi connectivity index (χ0n) is 12.7. The lowest BCUT2D eigenvalue weighted by Crippen LogP contribution is -2.39. The van der Waals surface area contributed by atoms with E-state index in [1.54, 1.807) is 0 Å². The van der Waals surface area contributed by atoms with Gasteiger partial charge in [0.2, 0.25) is 5.91 Å². The van der Waals surface area contributed by atoms with Crippen molar-refractivity contribution in [2.24, 2.45) is 11.8 Å². The maximum absolute atomic E-state index is 12.3. The number of hydrogen-bond donors (Lipinski definition) is 2. The Kier molecular flexibility index (Phi) is 4.99. The van der Waals surface area contributed by atoms with Gasteiger partial charge in [0.15, 0.2) is 0 Å². The average Bonchev–Trinajstić information content (AvgIpc) is 2.47. The maximum Gasteiger partial charge on any atom is 0.307 e. The molecule has 1 amide bonds. The number of carboxylic acid groups (broad SMARTS) is 1. The van der Waals surface area contributed by atoms with Crippen molar-refractivity contribution in [1.29, 1.82) is 0 Å². The summed E-state index contributed by atoms with van der Waals surface area (Å²) in [6.45, 7) is 4.50. The van der Waals surface area contributed by atoms with Gasteiger partial charge >= 0.3 is 5.97 Å². The van der Waals surface area contributed by atoms with Crippen LogP contribution < -0.4 is 5.32 Å². The Balaban J connectivity index is 2.00. The second kappa shape index (κ2) is 6.74. The van der Waals surface area contributed by atoms with Crippen molar-refractivity contribution < 1.29 is 14.7 Å². The van der Waals surface area contributed by atoms with Crippen molar-refractivity contribution in [3.8, 4) is 0 Å². The molecule has 1 saturated carbocycles. The molecule has 4 nitrogen and oxygen atoms in total. The van der Waals surface area contributed by atoms with Gasteiger partial charge in [-0.1, -0.05) is 36.6 Å². The number of aliphatic carboxylic acids is 1. The Morgan fingerprint density at radius 2 is 1.86 bits per heavy atom. The van der Waals surface area contributed by atoms with Gasteiger partial charge in [-0.05, 0) is 37.8 Å². The van der Waals surface area contributed by atoms with Gasteiger partial charge in [-0.15, -0.1) is 0 Å². The number of nitrogens with one attached hydrogen (secondary N) is 1. The first kappa shape index (κ1) is 15.5. The van der Waals surface area contributed by atoms with Crippen LogP contribution in [0.3, 0.4) is 0 Å². The normalized spacial score (nSPS) is 21.8. The molecule has 1 aliphatic carbocycles. The third kappa shape index (κ3) is 3.84. The number of hydrogen-bond acceptors (Lipinski definition) is 2. The van der Waals surface area contributed by atoms with Gasteiger partial charge in [0.25, 0.3) is 0 Å². The molecule has 2 atom stereocenters. The molecule has 21 heavy (non-hydrogen) atoms. The molecule has 1 aliphatic rings. The van der Waals surface area contributed by atoms with E-state index in [0.29, 0.717) is 19.4 Å². The molecule has 114 valence electrons. The van der Waals surface area contributed by atoms with Crippen molar-refractivity contribution in [3.63, 3.8) is 0 Å². The zero-order valence-corrected chi connectivity index (χ0v) is 12.7. The summed E-state index contributed by atoms with van der Waals surface area (Å²) in [5.74, 6) is -1.89. The number of carbonyl (C=O) groups is 2. The summed E-state index contributed by atoms with van der Waals surface area (Å²) in [7, 11) is 0. The van der Waals surface area contributed by atoms with Crippen molar-refractivity contribution in [2.45, 2.75) is 46.1 Å². The highest BCUT2D eigenvalue weighted by Crippen LogP contribution is 2.30. The van der Waals surface area contributed by atoms with E-state index in [1.807, 2.05) is 26.0 Å². The lowest BCUT2D eigenvalue weighted by molar-refractivity contribution is -0.148. The SMILES string of the molecule is Cc1ccc(C)c(CNC(=O)[C@@H]2CCCC[C@H]2C(=O)O)c1. The molecule has 0 aliphatic heterocycles. The number of amides is 1. The zero-order chi connectivity index (χ0) is 15.4. The molecule has 0 bridgehead atoms. The molecule has 0 radical (unpaired) electrons. The molecule has 2 rings (SSSR count). The Morgan fingerprint density at radius 1 is 1.19 bits per heavy atom. The molecular formula is C17H23NO3. The van der Waals surface area contributed by atoms with Gasteiger partial charge in [0.1, 0.15) is 0 Å². The van der Waals surface area contributed by atoms with Crippen molar-refractivity contribution in [1.82, 2.24) is 5.32 Å². The summed E-state index contributed by atoms with van der Waals surface area (Å²) in [5.41, 5.74) is 3.39. The summed E-state index contributed by atoms with van der Waals surface area (Å²) >= 11 is 0. The number of carboxylic acids is 1. The molecule has 0 saturated heterocycles. The molecule has 1 fully saturated rings. The van der Waals surface area contributed by atoms with Gasteiger partial charge in [0, 0.05) is 6.54 Å². The van der Waals surface area contributed by atoms with Crippen LogP contribution in [0, 0.1) is 25.7 Å². The summed E-state index contributed by atoms with van der Waals surface area (Å²) in [6.07, 6.45) is 3.12. The predicted molar refractivity (Wildman–Crippen MR) is 80.8 cm³/mol. The van der Waals surface area contributed by atoms with Gasteiger partial charge in [-0.2, -0.15) is 0 Å². The number of benzene rings is 1. The minimum atomic E-state index is -0.846. The predicted octanol–water partition coefficient (Wildman–Crippen LogP) is 2.81. The first-order valence-electron chi connectivity index (χ1n) is 7.55. The van der Waals surface area contributed by atoms with Crippen LogP contribution in [-0.4, -0.2) is 17.0 Å². The van der Waals surface area contributed by atoms with Crippen molar-refractivity contribution >= 4 is 11.9 Å². The minimum absolute atomic E-state index is 0.122. The van der Waals surface area contributed by atoms with E-state index in [1.165, 1.54) is 0 Å². The van der Waals surface area contributed by atoms with Crippen molar-refractivity contribution in [2.75, 3.05) is 0 Å². The smallest absolute Gasteiger partial charge is 0.307 e. The average molecular weight is 289 g/mol. The fourth-order valence-corrected chi connectivity index (χ4v) is 3.04. The Hall–Kier alpha value is -1.84. The molecule has 0 aromatic heterocycles. The van der Waals surface area contributed by atoms with Crippen LogP contribution in [0.25, 0.3) is 0 Å². The number of rotatable bonds is 4. The third-order valence-corrected chi connectivity index (χ3v) is 4.38. The van der Waals surface area contributed by atoms with Crippen LogP contribution in [-0.2, 0) is 16.1 Å². The molecule has 0 unspecified atom stereocenters. The molecular weight excluding hydrogens is 266 g/mol. The quantitative estimate of drug-likeness (QED) is 0.895. The van der Waals surface area contributed by atoms with Crippen molar-refractivity contribution in [3.05, 3.63) is 34.9 Å². The molecule has 4 heteroatoms. The maximum atomic E-state index is 12.3. The molecule has 0 spiro atoms.